The smallest absolute Gasteiger partial charge is 0.258 e. The van der Waals surface area contributed by atoms with Gasteiger partial charge in [0.25, 0.3) is 5.91 Å². The molecule has 0 bridgehead atoms. The van der Waals surface area contributed by atoms with Crippen molar-refractivity contribution < 1.29 is 4.79 Å². The fraction of sp³-hybridized carbons (Fsp3) is 0.520. The number of benzene rings is 1. The fourth-order valence-electron chi connectivity index (χ4n) is 4.04. The number of anilines is 1. The van der Waals surface area contributed by atoms with Gasteiger partial charge in [-0.2, -0.15) is 0 Å². The maximum absolute atomic E-state index is 12.9. The van der Waals surface area contributed by atoms with Crippen LogP contribution in [0.4, 0.5) is 5.69 Å². The molecule has 3 rings (SSSR count). The summed E-state index contributed by atoms with van der Waals surface area (Å²) in [6.45, 7) is 4.72. The van der Waals surface area contributed by atoms with E-state index in [0.29, 0.717) is 11.6 Å². The average molecular weight is 428 g/mol. The summed E-state index contributed by atoms with van der Waals surface area (Å²) in [5, 5.41) is 4.20. The number of carbonyl (C=O) groups is 1. The Balaban J connectivity index is 1.43. The van der Waals surface area contributed by atoms with Crippen molar-refractivity contribution in [2.24, 2.45) is 0 Å². The lowest BCUT2D eigenvalue weighted by molar-refractivity contribution is 0.0980. The molecular weight excluding hydrogens is 394 g/mol. The highest BCUT2D eigenvalue weighted by Crippen LogP contribution is 2.26. The maximum Gasteiger partial charge on any atom is 0.258 e. The highest BCUT2D eigenvalue weighted by atomic mass is 35.5. The highest BCUT2D eigenvalue weighted by molar-refractivity contribution is 6.30. The van der Waals surface area contributed by atoms with E-state index in [1.807, 2.05) is 23.2 Å². The van der Waals surface area contributed by atoms with Crippen LogP contribution in [0.5, 0.6) is 0 Å². The van der Waals surface area contributed by atoms with Crippen molar-refractivity contribution in [3.63, 3.8) is 0 Å². The first-order chi connectivity index (χ1) is 14.7. The molecule has 0 fully saturated rings. The number of nitrogens with one attached hydrogen (secondary N) is 1. The summed E-state index contributed by atoms with van der Waals surface area (Å²) in [5.41, 5.74) is 3.75. The Morgan fingerprint density at radius 3 is 2.60 bits per heavy atom. The van der Waals surface area contributed by atoms with E-state index in [-0.39, 0.29) is 5.91 Å². The van der Waals surface area contributed by atoms with Gasteiger partial charge < -0.3 is 10.2 Å². The van der Waals surface area contributed by atoms with Gasteiger partial charge in [0.15, 0.2) is 0 Å². The molecule has 4 nitrogen and oxygen atoms in total. The third kappa shape index (κ3) is 6.55. The van der Waals surface area contributed by atoms with Gasteiger partial charge in [0.2, 0.25) is 0 Å². The zero-order chi connectivity index (χ0) is 21.2. The van der Waals surface area contributed by atoms with E-state index in [9.17, 15) is 4.79 Å². The first-order valence-corrected chi connectivity index (χ1v) is 11.8. The average Bonchev–Trinajstić information content (AvgIpc) is 2.75. The van der Waals surface area contributed by atoms with E-state index in [2.05, 4.69) is 23.3 Å². The normalized spacial score (nSPS) is 13.5. The zero-order valence-corrected chi connectivity index (χ0v) is 18.9. The molecule has 30 heavy (non-hydrogen) atoms. The van der Waals surface area contributed by atoms with Crippen molar-refractivity contribution in [1.82, 2.24) is 10.3 Å². The molecule has 162 valence electrons. The predicted octanol–water partition coefficient (Wildman–Crippen LogP) is 6.17. The third-order valence-electron chi connectivity index (χ3n) is 5.78. The van der Waals surface area contributed by atoms with Crippen LogP contribution in [0, 0.1) is 0 Å². The Hall–Kier alpha value is -1.91. The summed E-state index contributed by atoms with van der Waals surface area (Å²) >= 11 is 6.07. The number of rotatable bonds is 12. The van der Waals surface area contributed by atoms with Crippen molar-refractivity contribution in [1.29, 1.82) is 0 Å². The van der Waals surface area contributed by atoms with Gasteiger partial charge in [-0.1, -0.05) is 63.5 Å². The van der Waals surface area contributed by atoms with Gasteiger partial charge in [-0.25, -0.2) is 0 Å². The minimum Gasteiger partial charge on any atom is -0.313 e. The number of fused-ring (bicyclic) bond motifs is 1. The van der Waals surface area contributed by atoms with Crippen molar-refractivity contribution in [2.45, 2.75) is 71.3 Å². The van der Waals surface area contributed by atoms with Crippen molar-refractivity contribution in [3.05, 3.63) is 58.4 Å². The number of hydrogen-bond acceptors (Lipinski definition) is 3. The first-order valence-electron chi connectivity index (χ1n) is 11.4. The molecule has 1 aromatic heterocycles. The molecule has 0 radical (unpaired) electrons. The number of unbranched alkanes of at least 4 members (excludes halogenated alkanes) is 7. The fourth-order valence-corrected chi connectivity index (χ4v) is 4.23. The van der Waals surface area contributed by atoms with E-state index in [4.69, 9.17) is 11.6 Å². The highest BCUT2D eigenvalue weighted by Gasteiger charge is 2.25. The third-order valence-corrected chi connectivity index (χ3v) is 6.01. The monoisotopic (exact) mass is 427 g/mol. The van der Waals surface area contributed by atoms with Crippen molar-refractivity contribution >= 4 is 23.2 Å². The molecule has 0 spiro atoms. The minimum absolute atomic E-state index is 0.0266. The molecule has 2 heterocycles. The van der Waals surface area contributed by atoms with Crippen LogP contribution in [-0.4, -0.2) is 24.0 Å². The van der Waals surface area contributed by atoms with E-state index >= 15 is 0 Å². The molecule has 1 amide bonds. The quantitative estimate of drug-likeness (QED) is 0.412. The van der Waals surface area contributed by atoms with Crippen molar-refractivity contribution in [2.75, 3.05) is 18.0 Å². The molecule has 1 aliphatic heterocycles. The molecule has 0 atom stereocenters. The van der Waals surface area contributed by atoms with Gasteiger partial charge in [-0.05, 0) is 54.8 Å². The topological polar surface area (TPSA) is 45.2 Å². The van der Waals surface area contributed by atoms with Crippen LogP contribution in [0.15, 0.2) is 36.7 Å². The summed E-state index contributed by atoms with van der Waals surface area (Å²) in [6, 6.07) is 7.59. The van der Waals surface area contributed by atoms with Crippen LogP contribution in [0.2, 0.25) is 5.02 Å². The van der Waals surface area contributed by atoms with Crippen molar-refractivity contribution in [3.8, 4) is 0 Å². The van der Waals surface area contributed by atoms with Crippen LogP contribution in [-0.2, 0) is 13.0 Å². The number of nitrogens with zero attached hydrogens (tertiary/aromatic N) is 2. The van der Waals surface area contributed by atoms with E-state index in [1.165, 1.54) is 51.4 Å². The van der Waals surface area contributed by atoms with Crippen LogP contribution in [0.3, 0.4) is 0 Å². The first kappa shape index (κ1) is 22.8. The Morgan fingerprint density at radius 2 is 1.80 bits per heavy atom. The number of amides is 1. The number of aromatic nitrogens is 1. The second-order valence-corrected chi connectivity index (χ2v) is 8.65. The molecule has 0 saturated carbocycles. The Kier molecular flexibility index (Phi) is 9.16. The largest absolute Gasteiger partial charge is 0.313 e. The van der Waals surface area contributed by atoms with Gasteiger partial charge in [0.05, 0.1) is 11.9 Å². The Labute approximate surface area is 186 Å². The van der Waals surface area contributed by atoms with Gasteiger partial charge in [-0.3, -0.25) is 9.78 Å². The van der Waals surface area contributed by atoms with Crippen LogP contribution < -0.4 is 10.2 Å². The summed E-state index contributed by atoms with van der Waals surface area (Å²) in [7, 11) is 0. The predicted molar refractivity (Wildman–Crippen MR) is 125 cm³/mol. The van der Waals surface area contributed by atoms with Crippen LogP contribution >= 0.6 is 11.6 Å². The SMILES string of the molecule is CCCCCCCCCCNCc1cncc(N2CCc3cc(Cl)ccc3C2=O)c1. The van der Waals surface area contributed by atoms with E-state index in [1.54, 1.807) is 12.3 Å². The van der Waals surface area contributed by atoms with Gasteiger partial charge in [0, 0.05) is 29.9 Å². The standard InChI is InChI=1S/C25H34ClN3O/c1-2-3-4-5-6-7-8-9-13-27-17-20-15-23(19-28-18-20)29-14-12-21-16-22(26)10-11-24(21)25(29)30/h10-11,15-16,18-19,27H,2-9,12-14,17H2,1H3. The summed E-state index contributed by atoms with van der Waals surface area (Å²) < 4.78 is 0. The maximum atomic E-state index is 12.9. The molecule has 5 heteroatoms. The van der Waals surface area contributed by atoms with Crippen LogP contribution in [0.1, 0.15) is 79.8 Å². The number of hydrogen-bond donors (Lipinski definition) is 1. The number of carbonyl (C=O) groups excluding carboxylic acids is 1. The molecule has 2 aromatic rings. The van der Waals surface area contributed by atoms with Gasteiger partial charge in [0.1, 0.15) is 0 Å². The zero-order valence-electron chi connectivity index (χ0n) is 18.1. The Bertz CT molecular complexity index is 824. The number of pyridine rings is 1. The minimum atomic E-state index is 0.0266. The van der Waals surface area contributed by atoms with Crippen LogP contribution in [0.25, 0.3) is 0 Å². The lowest BCUT2D eigenvalue weighted by Gasteiger charge is -2.28. The molecule has 0 saturated heterocycles. The molecule has 1 N–H and O–H groups in total. The molecule has 0 unspecified atom stereocenters. The Morgan fingerprint density at radius 1 is 1.03 bits per heavy atom. The summed E-state index contributed by atoms with van der Waals surface area (Å²) in [4.78, 5) is 19.1. The summed E-state index contributed by atoms with van der Waals surface area (Å²) in [6.07, 6.45) is 15.1. The molecule has 0 aliphatic carbocycles. The molecule has 1 aliphatic rings. The second-order valence-electron chi connectivity index (χ2n) is 8.21. The van der Waals surface area contributed by atoms with Gasteiger partial charge >= 0.3 is 0 Å². The summed E-state index contributed by atoms with van der Waals surface area (Å²) in [5.74, 6) is 0.0266. The number of halogens is 1. The molecule has 1 aromatic carbocycles. The molecular formula is C25H34ClN3O. The van der Waals surface area contributed by atoms with E-state index in [0.717, 1.165) is 41.9 Å². The van der Waals surface area contributed by atoms with Gasteiger partial charge in [-0.15, -0.1) is 0 Å². The van der Waals surface area contributed by atoms with E-state index < -0.39 is 0 Å². The second kappa shape index (κ2) is 12.1. The lowest BCUT2D eigenvalue weighted by atomic mass is 9.98. The lowest BCUT2D eigenvalue weighted by Crippen LogP contribution is -2.37.